The minimum Gasteiger partial charge on any atom is -0.495 e. The predicted octanol–water partition coefficient (Wildman–Crippen LogP) is 3.38. The summed E-state index contributed by atoms with van der Waals surface area (Å²) >= 11 is 3.42. The molecule has 0 aliphatic heterocycles. The van der Waals surface area contributed by atoms with Gasteiger partial charge in [-0.3, -0.25) is 4.79 Å². The molecule has 0 aliphatic carbocycles. The highest BCUT2D eigenvalue weighted by molar-refractivity contribution is 9.10. The van der Waals surface area contributed by atoms with Crippen molar-refractivity contribution in [1.82, 2.24) is 0 Å². The van der Waals surface area contributed by atoms with E-state index in [0.29, 0.717) is 11.3 Å². The fourth-order valence-corrected chi connectivity index (χ4v) is 2.27. The van der Waals surface area contributed by atoms with Crippen molar-refractivity contribution in [2.75, 3.05) is 7.11 Å². The van der Waals surface area contributed by atoms with Crippen molar-refractivity contribution in [3.05, 3.63) is 27.7 Å². The van der Waals surface area contributed by atoms with Gasteiger partial charge in [-0.15, -0.1) is 0 Å². The molecule has 0 spiro atoms. The van der Waals surface area contributed by atoms with Gasteiger partial charge in [0, 0.05) is 5.56 Å². The van der Waals surface area contributed by atoms with Crippen molar-refractivity contribution < 1.29 is 14.6 Å². The number of halogens is 1. The first-order chi connectivity index (χ1) is 7.75. The van der Waals surface area contributed by atoms with Gasteiger partial charge in [-0.05, 0) is 33.0 Å². The molecule has 1 aromatic carbocycles. The minimum absolute atomic E-state index is 0.0257. The Morgan fingerprint density at radius 1 is 1.41 bits per heavy atom. The summed E-state index contributed by atoms with van der Waals surface area (Å²) in [6.07, 6.45) is -0.0360. The van der Waals surface area contributed by atoms with Gasteiger partial charge in [0.1, 0.15) is 5.75 Å². The van der Waals surface area contributed by atoms with E-state index in [4.69, 9.17) is 9.84 Å². The van der Waals surface area contributed by atoms with E-state index in [1.54, 1.807) is 7.11 Å². The third-order valence-corrected chi connectivity index (χ3v) is 3.12. The van der Waals surface area contributed by atoms with Crippen LogP contribution in [0.1, 0.15) is 31.9 Å². The van der Waals surface area contributed by atoms with Gasteiger partial charge in [-0.1, -0.05) is 26.8 Å². The van der Waals surface area contributed by atoms with E-state index in [1.807, 2.05) is 12.1 Å². The number of rotatable bonds is 3. The minimum atomic E-state index is -0.860. The van der Waals surface area contributed by atoms with E-state index in [1.165, 1.54) is 0 Å². The van der Waals surface area contributed by atoms with Crippen LogP contribution >= 0.6 is 15.9 Å². The van der Waals surface area contributed by atoms with Crippen molar-refractivity contribution in [2.24, 2.45) is 0 Å². The highest BCUT2D eigenvalue weighted by atomic mass is 79.9. The van der Waals surface area contributed by atoms with Crippen LogP contribution in [0.25, 0.3) is 0 Å². The number of hydrogen-bond donors (Lipinski definition) is 1. The molecule has 0 unspecified atom stereocenters. The smallest absolute Gasteiger partial charge is 0.307 e. The highest BCUT2D eigenvalue weighted by Gasteiger charge is 2.19. The highest BCUT2D eigenvalue weighted by Crippen LogP contribution is 2.35. The number of carbonyl (C=O) groups is 1. The van der Waals surface area contributed by atoms with Crippen molar-refractivity contribution in [3.63, 3.8) is 0 Å². The normalized spacial score (nSPS) is 11.4. The van der Waals surface area contributed by atoms with Crippen LogP contribution in [0.3, 0.4) is 0 Å². The van der Waals surface area contributed by atoms with Crippen LogP contribution < -0.4 is 4.74 Å². The Hall–Kier alpha value is -1.03. The maximum Gasteiger partial charge on any atom is 0.307 e. The molecule has 0 radical (unpaired) electrons. The molecule has 94 valence electrons. The van der Waals surface area contributed by atoms with Crippen LogP contribution in [0.5, 0.6) is 5.75 Å². The van der Waals surface area contributed by atoms with Crippen LogP contribution in [-0.4, -0.2) is 18.2 Å². The molecule has 1 aromatic rings. The van der Waals surface area contributed by atoms with Gasteiger partial charge in [-0.2, -0.15) is 0 Å². The third kappa shape index (κ3) is 3.46. The third-order valence-electron chi connectivity index (χ3n) is 2.53. The molecule has 17 heavy (non-hydrogen) atoms. The van der Waals surface area contributed by atoms with Gasteiger partial charge in [0.15, 0.2) is 0 Å². The van der Waals surface area contributed by atoms with Crippen LogP contribution in [0.15, 0.2) is 16.6 Å². The van der Waals surface area contributed by atoms with Gasteiger partial charge in [-0.25, -0.2) is 0 Å². The molecule has 0 bridgehead atoms. The summed E-state index contributed by atoms with van der Waals surface area (Å²) in [6.45, 7) is 6.27. The lowest BCUT2D eigenvalue weighted by atomic mass is 9.85. The number of carboxylic acid groups (broad SMARTS) is 1. The van der Waals surface area contributed by atoms with Crippen LogP contribution in [0, 0.1) is 0 Å². The molecule has 0 fully saturated rings. The average Bonchev–Trinajstić information content (AvgIpc) is 2.14. The van der Waals surface area contributed by atoms with E-state index in [0.717, 1.165) is 10.0 Å². The van der Waals surface area contributed by atoms with E-state index < -0.39 is 5.97 Å². The van der Waals surface area contributed by atoms with Crippen molar-refractivity contribution in [2.45, 2.75) is 32.6 Å². The molecule has 0 saturated carbocycles. The first-order valence-electron chi connectivity index (χ1n) is 5.34. The maximum atomic E-state index is 10.8. The number of methoxy groups -OCH3 is 1. The molecule has 4 heteroatoms. The van der Waals surface area contributed by atoms with Crippen LogP contribution in [-0.2, 0) is 16.6 Å². The second kappa shape index (κ2) is 5.08. The van der Waals surface area contributed by atoms with Crippen molar-refractivity contribution >= 4 is 21.9 Å². The zero-order valence-electron chi connectivity index (χ0n) is 10.5. The van der Waals surface area contributed by atoms with E-state index in [9.17, 15) is 4.79 Å². The van der Waals surface area contributed by atoms with Crippen LogP contribution in [0.2, 0.25) is 0 Å². The summed E-state index contributed by atoms with van der Waals surface area (Å²) in [7, 11) is 1.54. The molecule has 0 aromatic heterocycles. The lowest BCUT2D eigenvalue weighted by Gasteiger charge is -2.22. The Bertz CT molecular complexity index is 433. The molecule has 0 heterocycles. The second-order valence-electron chi connectivity index (χ2n) is 4.97. The van der Waals surface area contributed by atoms with E-state index in [2.05, 4.69) is 36.7 Å². The summed E-state index contributed by atoms with van der Waals surface area (Å²) < 4.78 is 6.03. The molecule has 1 N–H and O–H groups in total. The maximum absolute atomic E-state index is 10.8. The second-order valence-corrected chi connectivity index (χ2v) is 5.83. The lowest BCUT2D eigenvalue weighted by Crippen LogP contribution is -2.13. The topological polar surface area (TPSA) is 46.5 Å². The molecular formula is C13H17BrO3. The number of aliphatic carboxylic acids is 1. The van der Waals surface area contributed by atoms with Gasteiger partial charge in [0.2, 0.25) is 0 Å². The number of carboxylic acids is 1. The van der Waals surface area contributed by atoms with Gasteiger partial charge in [0.05, 0.1) is 18.0 Å². The Labute approximate surface area is 110 Å². The molecule has 0 aliphatic rings. The quantitative estimate of drug-likeness (QED) is 0.931. The number of ether oxygens (including phenoxy) is 1. The number of hydrogen-bond acceptors (Lipinski definition) is 2. The zero-order valence-corrected chi connectivity index (χ0v) is 12.1. The van der Waals surface area contributed by atoms with Gasteiger partial charge in [0.25, 0.3) is 0 Å². The fourth-order valence-electron chi connectivity index (χ4n) is 1.61. The van der Waals surface area contributed by atoms with Gasteiger partial charge >= 0.3 is 5.97 Å². The first-order valence-corrected chi connectivity index (χ1v) is 6.13. The van der Waals surface area contributed by atoms with Crippen LogP contribution in [0.4, 0.5) is 0 Å². The Balaban J connectivity index is 3.33. The predicted molar refractivity (Wildman–Crippen MR) is 70.7 cm³/mol. The molecule has 0 atom stereocenters. The first kappa shape index (κ1) is 14.0. The molecule has 0 saturated heterocycles. The lowest BCUT2D eigenvalue weighted by molar-refractivity contribution is -0.136. The number of benzene rings is 1. The van der Waals surface area contributed by atoms with Crippen molar-refractivity contribution in [1.29, 1.82) is 0 Å². The molecule has 3 nitrogen and oxygen atoms in total. The summed E-state index contributed by atoms with van der Waals surface area (Å²) in [6, 6.07) is 3.88. The summed E-state index contributed by atoms with van der Waals surface area (Å²) in [5.74, 6) is -0.262. The Morgan fingerprint density at radius 3 is 2.41 bits per heavy atom. The van der Waals surface area contributed by atoms with Gasteiger partial charge < -0.3 is 9.84 Å². The summed E-state index contributed by atoms with van der Waals surface area (Å²) in [5.41, 5.74) is 1.75. The van der Waals surface area contributed by atoms with E-state index in [-0.39, 0.29) is 11.8 Å². The Morgan fingerprint density at radius 2 is 2.00 bits per heavy atom. The largest absolute Gasteiger partial charge is 0.495 e. The standard InChI is InChI=1S/C13H17BrO3/c1-13(2,3)9-5-8(6-11(15)16)12(17-4)10(14)7-9/h5,7H,6H2,1-4H3,(H,15,16). The summed E-state index contributed by atoms with van der Waals surface area (Å²) in [4.78, 5) is 10.8. The monoisotopic (exact) mass is 300 g/mol. The molecule has 1 rings (SSSR count). The van der Waals surface area contributed by atoms with E-state index >= 15 is 0 Å². The SMILES string of the molecule is COc1c(Br)cc(C(C)(C)C)cc1CC(=O)O. The molecular weight excluding hydrogens is 284 g/mol. The summed E-state index contributed by atoms with van der Waals surface area (Å²) in [5, 5.41) is 8.90. The van der Waals surface area contributed by atoms with Crippen molar-refractivity contribution in [3.8, 4) is 5.75 Å². The average molecular weight is 301 g/mol. The Kier molecular flexibility index (Phi) is 4.20. The molecule has 0 amide bonds. The zero-order chi connectivity index (χ0) is 13.2. The fraction of sp³-hybridized carbons (Fsp3) is 0.462.